The van der Waals surface area contributed by atoms with E-state index in [0.717, 1.165) is 24.8 Å². The Hall–Kier alpha value is -2.02. The summed E-state index contributed by atoms with van der Waals surface area (Å²) in [5.74, 6) is 0.0333. The highest BCUT2D eigenvalue weighted by Crippen LogP contribution is 2.52. The van der Waals surface area contributed by atoms with E-state index in [0.29, 0.717) is 24.4 Å². The van der Waals surface area contributed by atoms with Crippen LogP contribution in [0.2, 0.25) is 0 Å². The fraction of sp³-hybridized carbons (Fsp3) is 0.435. The van der Waals surface area contributed by atoms with E-state index >= 15 is 0 Å². The Kier molecular flexibility index (Phi) is 5.36. The molecule has 2 fully saturated rings. The zero-order valence-corrected chi connectivity index (χ0v) is 17.8. The Balaban J connectivity index is 1.72. The van der Waals surface area contributed by atoms with Gasteiger partial charge in [0.2, 0.25) is 10.0 Å². The van der Waals surface area contributed by atoms with E-state index in [9.17, 15) is 13.2 Å². The Morgan fingerprint density at radius 2 is 1.79 bits per heavy atom. The van der Waals surface area contributed by atoms with Crippen molar-refractivity contribution in [1.29, 1.82) is 0 Å². The molecule has 29 heavy (non-hydrogen) atoms. The van der Waals surface area contributed by atoms with Gasteiger partial charge in [-0.1, -0.05) is 55.0 Å². The second-order valence-electron chi connectivity index (χ2n) is 8.57. The van der Waals surface area contributed by atoms with E-state index in [1.54, 1.807) is 16.4 Å². The molecule has 5 nitrogen and oxygen atoms in total. The van der Waals surface area contributed by atoms with Gasteiger partial charge in [0.1, 0.15) is 6.29 Å². The van der Waals surface area contributed by atoms with E-state index in [1.807, 2.05) is 37.3 Å². The summed E-state index contributed by atoms with van der Waals surface area (Å²) in [6, 6.07) is 17.2. The van der Waals surface area contributed by atoms with Crippen molar-refractivity contribution in [1.82, 2.24) is 9.21 Å². The molecule has 2 aromatic carbocycles. The van der Waals surface area contributed by atoms with E-state index < -0.39 is 10.0 Å². The van der Waals surface area contributed by atoms with Crippen LogP contribution in [0.4, 0.5) is 0 Å². The lowest BCUT2D eigenvalue weighted by Crippen LogP contribution is -2.48. The Labute approximate surface area is 173 Å². The summed E-state index contributed by atoms with van der Waals surface area (Å²) in [6.07, 6.45) is 1.99. The molecule has 0 unspecified atom stereocenters. The Morgan fingerprint density at radius 3 is 2.45 bits per heavy atom. The molecular formula is C23H28N2O3S. The maximum Gasteiger partial charge on any atom is 0.244 e. The molecule has 154 valence electrons. The van der Waals surface area contributed by atoms with Crippen molar-refractivity contribution in [3.05, 3.63) is 65.7 Å². The normalized spacial score (nSPS) is 27.8. The van der Waals surface area contributed by atoms with Gasteiger partial charge < -0.3 is 4.79 Å². The van der Waals surface area contributed by atoms with Crippen LogP contribution >= 0.6 is 0 Å². The highest BCUT2D eigenvalue weighted by Gasteiger charge is 2.59. The van der Waals surface area contributed by atoms with Crippen LogP contribution in [0.5, 0.6) is 0 Å². The van der Waals surface area contributed by atoms with Crippen LogP contribution in [0.1, 0.15) is 30.9 Å². The number of carbonyl (C=O) groups is 1. The van der Waals surface area contributed by atoms with Crippen LogP contribution in [0.15, 0.2) is 59.5 Å². The molecule has 0 amide bonds. The van der Waals surface area contributed by atoms with E-state index in [-0.39, 0.29) is 17.5 Å². The molecule has 6 heteroatoms. The second kappa shape index (κ2) is 7.67. The van der Waals surface area contributed by atoms with Crippen LogP contribution in [-0.4, -0.2) is 43.2 Å². The molecule has 0 N–H and O–H groups in total. The van der Waals surface area contributed by atoms with Gasteiger partial charge >= 0.3 is 0 Å². The maximum absolute atomic E-state index is 13.6. The molecule has 0 radical (unpaired) electrons. The second-order valence-corrected chi connectivity index (χ2v) is 10.5. The molecule has 3 atom stereocenters. The van der Waals surface area contributed by atoms with Gasteiger partial charge in [-0.2, -0.15) is 4.31 Å². The van der Waals surface area contributed by atoms with Crippen LogP contribution in [0.25, 0.3) is 0 Å². The fourth-order valence-electron chi connectivity index (χ4n) is 5.02. The van der Waals surface area contributed by atoms with Gasteiger partial charge in [0, 0.05) is 31.5 Å². The van der Waals surface area contributed by atoms with Crippen molar-refractivity contribution in [3.8, 4) is 0 Å². The van der Waals surface area contributed by atoms with E-state index in [1.165, 1.54) is 5.56 Å². The van der Waals surface area contributed by atoms with Gasteiger partial charge in [-0.05, 0) is 37.0 Å². The number of aldehydes is 1. The molecule has 2 aromatic rings. The highest BCUT2D eigenvalue weighted by atomic mass is 32.2. The molecule has 2 saturated heterocycles. The van der Waals surface area contributed by atoms with Gasteiger partial charge in [-0.3, -0.25) is 4.90 Å². The van der Waals surface area contributed by atoms with Crippen molar-refractivity contribution >= 4 is 16.3 Å². The number of likely N-dealkylation sites (tertiary alicyclic amines) is 1. The molecule has 0 bridgehead atoms. The third-order valence-corrected chi connectivity index (χ3v) is 8.55. The predicted molar refractivity (Wildman–Crippen MR) is 113 cm³/mol. The van der Waals surface area contributed by atoms with Gasteiger partial charge in [-0.25, -0.2) is 8.42 Å². The molecule has 0 aromatic heterocycles. The first-order valence-electron chi connectivity index (χ1n) is 10.2. The first-order valence-corrected chi connectivity index (χ1v) is 11.6. The molecular weight excluding hydrogens is 384 g/mol. The quantitative estimate of drug-likeness (QED) is 0.682. The van der Waals surface area contributed by atoms with Crippen molar-refractivity contribution < 1.29 is 13.2 Å². The molecule has 2 aliphatic rings. The summed E-state index contributed by atoms with van der Waals surface area (Å²) in [4.78, 5) is 13.9. The van der Waals surface area contributed by atoms with Gasteiger partial charge in [0.05, 0.1) is 11.1 Å². The highest BCUT2D eigenvalue weighted by molar-refractivity contribution is 7.89. The summed E-state index contributed by atoms with van der Waals surface area (Å²) >= 11 is 0. The third kappa shape index (κ3) is 3.54. The van der Waals surface area contributed by atoms with Gasteiger partial charge in [0.15, 0.2) is 0 Å². The predicted octanol–water partition coefficient (Wildman–Crippen LogP) is 3.44. The lowest BCUT2D eigenvalue weighted by Gasteiger charge is -2.35. The van der Waals surface area contributed by atoms with Gasteiger partial charge in [-0.15, -0.1) is 0 Å². The van der Waals surface area contributed by atoms with E-state index in [2.05, 4.69) is 24.0 Å². The smallest absolute Gasteiger partial charge is 0.244 e. The minimum atomic E-state index is -3.65. The van der Waals surface area contributed by atoms with Crippen molar-refractivity contribution in [2.24, 2.45) is 11.3 Å². The Morgan fingerprint density at radius 1 is 1.10 bits per heavy atom. The van der Waals surface area contributed by atoms with Crippen molar-refractivity contribution in [3.63, 3.8) is 0 Å². The first-order chi connectivity index (χ1) is 13.9. The monoisotopic (exact) mass is 412 g/mol. The average Bonchev–Trinajstić information content (AvgIpc) is 3.18. The SMILES string of the molecule is Cc1ccc(S(=O)(=O)N2C[C@H](CC=O)[C@]3(C)CCN(Cc4ccccc4)[C@H]23)cc1. The summed E-state index contributed by atoms with van der Waals surface area (Å²) in [7, 11) is -3.65. The van der Waals surface area contributed by atoms with Gasteiger partial charge in [0.25, 0.3) is 0 Å². The molecule has 2 aliphatic heterocycles. The number of nitrogens with zero attached hydrogens (tertiary/aromatic N) is 2. The number of aryl methyl sites for hydroxylation is 1. The van der Waals surface area contributed by atoms with Crippen LogP contribution in [-0.2, 0) is 21.4 Å². The third-order valence-electron chi connectivity index (χ3n) is 6.72. The largest absolute Gasteiger partial charge is 0.303 e. The average molecular weight is 413 g/mol. The van der Waals surface area contributed by atoms with Crippen molar-refractivity contribution in [2.45, 2.75) is 44.3 Å². The summed E-state index contributed by atoms with van der Waals surface area (Å²) < 4.78 is 28.8. The zero-order valence-electron chi connectivity index (χ0n) is 17.0. The van der Waals surface area contributed by atoms with Crippen LogP contribution in [0.3, 0.4) is 0 Å². The van der Waals surface area contributed by atoms with Crippen LogP contribution in [0, 0.1) is 18.3 Å². The minimum absolute atomic E-state index is 0.0333. The molecule has 2 heterocycles. The molecule has 0 spiro atoms. The summed E-state index contributed by atoms with van der Waals surface area (Å²) in [5.41, 5.74) is 1.97. The number of benzene rings is 2. The molecule has 4 rings (SSSR count). The molecule has 0 aliphatic carbocycles. The molecule has 0 saturated carbocycles. The summed E-state index contributed by atoms with van der Waals surface area (Å²) in [6.45, 7) is 6.02. The number of carbonyl (C=O) groups excluding carboxylic acids is 1. The topological polar surface area (TPSA) is 57.7 Å². The number of fused-ring (bicyclic) bond motifs is 1. The standard InChI is InChI=1S/C23H28N2O3S/c1-18-8-10-21(11-9-18)29(27,28)25-17-20(12-15-26)23(2)13-14-24(22(23)25)16-19-6-4-3-5-7-19/h3-11,15,20,22H,12-14,16-17H2,1-2H3/t20-,22+,23-/m0/s1. The number of hydrogen-bond donors (Lipinski definition) is 0. The van der Waals surface area contributed by atoms with Crippen LogP contribution < -0.4 is 0 Å². The summed E-state index contributed by atoms with van der Waals surface area (Å²) in [5, 5.41) is 0. The lowest BCUT2D eigenvalue weighted by atomic mass is 9.76. The first kappa shape index (κ1) is 20.3. The van der Waals surface area contributed by atoms with E-state index in [4.69, 9.17) is 0 Å². The lowest BCUT2D eigenvalue weighted by molar-refractivity contribution is -0.109. The minimum Gasteiger partial charge on any atom is -0.303 e. The maximum atomic E-state index is 13.6. The number of hydrogen-bond acceptors (Lipinski definition) is 4. The van der Waals surface area contributed by atoms with Crippen molar-refractivity contribution in [2.75, 3.05) is 13.1 Å². The fourth-order valence-corrected chi connectivity index (χ4v) is 6.79. The Bertz CT molecular complexity index is 975. The zero-order chi connectivity index (χ0) is 20.6. The number of rotatable bonds is 6. The number of sulfonamides is 1.